The van der Waals surface area contributed by atoms with Crippen LogP contribution in [0.1, 0.15) is 21.5 Å². The molecule has 0 saturated carbocycles. The summed E-state index contributed by atoms with van der Waals surface area (Å²) in [5.41, 5.74) is 3.96. The Balaban J connectivity index is 1.24. The van der Waals surface area contributed by atoms with E-state index >= 15 is 0 Å². The summed E-state index contributed by atoms with van der Waals surface area (Å²) >= 11 is 0. The first-order chi connectivity index (χ1) is 16.1. The van der Waals surface area contributed by atoms with Crippen molar-refractivity contribution >= 4 is 34.4 Å². The highest BCUT2D eigenvalue weighted by atomic mass is 16.2. The summed E-state index contributed by atoms with van der Waals surface area (Å²) in [5.74, 6) is -0.474. The van der Waals surface area contributed by atoms with Gasteiger partial charge < -0.3 is 15.6 Å². The van der Waals surface area contributed by atoms with Crippen molar-refractivity contribution in [1.29, 1.82) is 0 Å². The summed E-state index contributed by atoms with van der Waals surface area (Å²) in [6.07, 6.45) is 2.30. The van der Waals surface area contributed by atoms with Crippen molar-refractivity contribution in [3.63, 3.8) is 0 Å². The van der Waals surface area contributed by atoms with Gasteiger partial charge in [-0.1, -0.05) is 48.5 Å². The number of nitrogens with one attached hydrogen (secondary N) is 3. The molecular formula is C26H22N4O3. The number of carbonyl (C=O) groups is 3. The van der Waals surface area contributed by atoms with Gasteiger partial charge >= 0.3 is 6.03 Å². The molecule has 3 aromatic carbocycles. The Bertz CT molecular complexity index is 1330. The van der Waals surface area contributed by atoms with Gasteiger partial charge in [0.1, 0.15) is 6.04 Å². The number of hydrogen-bond acceptors (Lipinski definition) is 3. The third-order valence-corrected chi connectivity index (χ3v) is 5.79. The maximum Gasteiger partial charge on any atom is 0.325 e. The molecule has 0 unspecified atom stereocenters. The molecule has 1 aliphatic rings. The molecule has 0 radical (unpaired) electrons. The Morgan fingerprint density at radius 3 is 2.42 bits per heavy atom. The smallest absolute Gasteiger partial charge is 0.325 e. The van der Waals surface area contributed by atoms with Crippen molar-refractivity contribution in [2.75, 3.05) is 5.32 Å². The molecule has 164 valence electrons. The van der Waals surface area contributed by atoms with E-state index in [0.717, 1.165) is 22.0 Å². The third kappa shape index (κ3) is 4.21. The number of aromatic amines is 1. The van der Waals surface area contributed by atoms with Crippen LogP contribution in [-0.4, -0.2) is 33.8 Å². The summed E-state index contributed by atoms with van der Waals surface area (Å²) in [4.78, 5) is 42.3. The average Bonchev–Trinajstić information content (AvgIpc) is 3.36. The van der Waals surface area contributed by atoms with Crippen LogP contribution >= 0.6 is 0 Å². The van der Waals surface area contributed by atoms with Crippen LogP contribution in [-0.2, 0) is 17.8 Å². The fourth-order valence-electron chi connectivity index (χ4n) is 4.05. The Morgan fingerprint density at radius 2 is 1.64 bits per heavy atom. The lowest BCUT2D eigenvalue weighted by Crippen LogP contribution is -2.32. The molecule has 2 heterocycles. The molecule has 33 heavy (non-hydrogen) atoms. The van der Waals surface area contributed by atoms with Gasteiger partial charge in [-0.25, -0.2) is 4.79 Å². The Morgan fingerprint density at radius 1 is 0.909 bits per heavy atom. The minimum absolute atomic E-state index is 0.148. The van der Waals surface area contributed by atoms with Crippen molar-refractivity contribution in [1.82, 2.24) is 15.2 Å². The fraction of sp³-hybridized carbons (Fsp3) is 0.115. The second-order valence-corrected chi connectivity index (χ2v) is 8.01. The molecule has 3 N–H and O–H groups in total. The second kappa shape index (κ2) is 8.63. The summed E-state index contributed by atoms with van der Waals surface area (Å²) in [7, 11) is 0. The maximum absolute atomic E-state index is 12.9. The number of nitrogens with zero attached hydrogens (tertiary/aromatic N) is 1. The first-order valence-corrected chi connectivity index (χ1v) is 10.7. The topological polar surface area (TPSA) is 94.3 Å². The third-order valence-electron chi connectivity index (χ3n) is 5.79. The number of benzene rings is 3. The monoisotopic (exact) mass is 438 g/mol. The zero-order valence-electron chi connectivity index (χ0n) is 17.7. The SMILES string of the molecule is O=C(Nc1ccccc1)c1ccc(CN2C(=O)N[C@@H](Cc3c[nH]c4ccccc34)C2=O)cc1. The van der Waals surface area contributed by atoms with Crippen LogP contribution < -0.4 is 10.6 Å². The van der Waals surface area contributed by atoms with Crippen molar-refractivity contribution in [3.8, 4) is 0 Å². The molecule has 0 bridgehead atoms. The van der Waals surface area contributed by atoms with E-state index in [-0.39, 0.29) is 18.4 Å². The van der Waals surface area contributed by atoms with E-state index in [4.69, 9.17) is 0 Å². The number of H-pyrrole nitrogens is 1. The van der Waals surface area contributed by atoms with Crippen LogP contribution in [0.5, 0.6) is 0 Å². The molecule has 5 rings (SSSR count). The average molecular weight is 438 g/mol. The Labute approximate surface area is 190 Å². The van der Waals surface area contributed by atoms with E-state index in [1.165, 1.54) is 4.90 Å². The van der Waals surface area contributed by atoms with Gasteiger partial charge in [-0.05, 0) is 41.5 Å². The number of carbonyl (C=O) groups excluding carboxylic acids is 3. The highest BCUT2D eigenvalue weighted by Crippen LogP contribution is 2.22. The number of para-hydroxylation sites is 2. The highest BCUT2D eigenvalue weighted by Gasteiger charge is 2.38. The molecule has 1 fully saturated rings. The first kappa shape index (κ1) is 20.5. The van der Waals surface area contributed by atoms with Gasteiger partial charge in [0.25, 0.3) is 11.8 Å². The van der Waals surface area contributed by atoms with Crippen LogP contribution in [0.4, 0.5) is 10.5 Å². The molecule has 1 atom stereocenters. The molecule has 1 saturated heterocycles. The maximum atomic E-state index is 12.9. The van der Waals surface area contributed by atoms with E-state index in [9.17, 15) is 14.4 Å². The number of rotatable bonds is 6. The number of amides is 4. The fourth-order valence-corrected chi connectivity index (χ4v) is 4.05. The first-order valence-electron chi connectivity index (χ1n) is 10.7. The van der Waals surface area contributed by atoms with E-state index in [0.29, 0.717) is 17.7 Å². The van der Waals surface area contributed by atoms with Crippen LogP contribution in [0.2, 0.25) is 0 Å². The lowest BCUT2D eigenvalue weighted by Gasteiger charge is -2.13. The van der Waals surface area contributed by atoms with E-state index in [2.05, 4.69) is 15.6 Å². The number of anilines is 1. The zero-order valence-corrected chi connectivity index (χ0v) is 17.7. The van der Waals surface area contributed by atoms with E-state index in [1.54, 1.807) is 24.3 Å². The van der Waals surface area contributed by atoms with Gasteiger partial charge in [-0.2, -0.15) is 0 Å². The molecular weight excluding hydrogens is 416 g/mol. The standard InChI is InChI=1S/C26H22N4O3/c31-24(28-20-6-2-1-3-7-20)18-12-10-17(11-13-18)16-30-25(32)23(29-26(30)33)14-19-15-27-22-9-5-4-8-21(19)22/h1-13,15,23,27H,14,16H2,(H,28,31)(H,29,33)/t23-/m0/s1. The minimum atomic E-state index is -0.604. The van der Waals surface area contributed by atoms with Gasteiger partial charge in [0, 0.05) is 34.8 Å². The van der Waals surface area contributed by atoms with E-state index in [1.807, 2.05) is 60.8 Å². The number of aromatic nitrogens is 1. The van der Waals surface area contributed by atoms with Gasteiger partial charge in [0.05, 0.1) is 6.54 Å². The summed E-state index contributed by atoms with van der Waals surface area (Å²) < 4.78 is 0. The Kier molecular flexibility index (Phi) is 5.36. The predicted molar refractivity (Wildman–Crippen MR) is 126 cm³/mol. The van der Waals surface area contributed by atoms with Crippen molar-refractivity contribution in [2.45, 2.75) is 19.0 Å². The van der Waals surface area contributed by atoms with Gasteiger partial charge in [0.2, 0.25) is 0 Å². The molecule has 0 aliphatic carbocycles. The summed E-state index contributed by atoms with van der Waals surface area (Å²) in [6.45, 7) is 0.148. The molecule has 7 nitrogen and oxygen atoms in total. The number of urea groups is 1. The highest BCUT2D eigenvalue weighted by molar-refractivity contribution is 6.05. The van der Waals surface area contributed by atoms with Gasteiger partial charge in [-0.15, -0.1) is 0 Å². The molecule has 1 aliphatic heterocycles. The summed E-state index contributed by atoms with van der Waals surface area (Å²) in [6, 6.07) is 23.0. The Hall–Kier alpha value is -4.39. The molecule has 4 aromatic rings. The second-order valence-electron chi connectivity index (χ2n) is 8.01. The van der Waals surface area contributed by atoms with E-state index < -0.39 is 12.1 Å². The predicted octanol–water partition coefficient (Wildman–Crippen LogP) is 4.08. The van der Waals surface area contributed by atoms with Crippen molar-refractivity contribution in [3.05, 3.63) is 102 Å². The molecule has 4 amide bonds. The lowest BCUT2D eigenvalue weighted by molar-refractivity contribution is -0.127. The zero-order chi connectivity index (χ0) is 22.8. The molecule has 0 spiro atoms. The normalized spacial score (nSPS) is 15.6. The largest absolute Gasteiger partial charge is 0.361 e. The quantitative estimate of drug-likeness (QED) is 0.396. The van der Waals surface area contributed by atoms with Crippen molar-refractivity contribution < 1.29 is 14.4 Å². The molecule has 1 aromatic heterocycles. The van der Waals surface area contributed by atoms with Crippen LogP contribution in [0.3, 0.4) is 0 Å². The number of fused-ring (bicyclic) bond motifs is 1. The van der Waals surface area contributed by atoms with Crippen LogP contribution in [0.25, 0.3) is 10.9 Å². The van der Waals surface area contributed by atoms with Crippen molar-refractivity contribution in [2.24, 2.45) is 0 Å². The molecule has 7 heteroatoms. The minimum Gasteiger partial charge on any atom is -0.361 e. The summed E-state index contributed by atoms with van der Waals surface area (Å²) in [5, 5.41) is 6.67. The number of imide groups is 1. The van der Waals surface area contributed by atoms with Gasteiger partial charge in [0.15, 0.2) is 0 Å². The van der Waals surface area contributed by atoms with Crippen LogP contribution in [0, 0.1) is 0 Å². The van der Waals surface area contributed by atoms with Crippen LogP contribution in [0.15, 0.2) is 85.1 Å². The lowest BCUT2D eigenvalue weighted by atomic mass is 10.0. The van der Waals surface area contributed by atoms with Gasteiger partial charge in [-0.3, -0.25) is 14.5 Å². The number of hydrogen-bond donors (Lipinski definition) is 3.